The Morgan fingerprint density at radius 2 is 2.05 bits per heavy atom. The van der Waals surface area contributed by atoms with E-state index in [4.69, 9.17) is 10.8 Å². The van der Waals surface area contributed by atoms with Gasteiger partial charge in [-0.15, -0.1) is 0 Å². The van der Waals surface area contributed by atoms with Crippen LogP contribution in [0.25, 0.3) is 5.69 Å². The third kappa shape index (κ3) is 2.32. The number of rotatable bonds is 4. The molecule has 9 nitrogen and oxygen atoms in total. The maximum Gasteiger partial charge on any atom is 0.335 e. The van der Waals surface area contributed by atoms with Gasteiger partial charge in [-0.2, -0.15) is 5.10 Å². The van der Waals surface area contributed by atoms with Gasteiger partial charge in [0.15, 0.2) is 0 Å². The summed E-state index contributed by atoms with van der Waals surface area (Å²) in [6, 6.07) is 3.27. The third-order valence-corrected chi connectivity index (χ3v) is 2.53. The highest BCUT2D eigenvalue weighted by molar-refractivity contribution is 5.92. The number of nitrogens with two attached hydrogens (primary N) is 1. The quantitative estimate of drug-likeness (QED) is 0.617. The van der Waals surface area contributed by atoms with Gasteiger partial charge in [0.2, 0.25) is 0 Å². The molecule has 0 aliphatic heterocycles. The molecular weight excluding hydrogens is 268 g/mol. The molecule has 1 aromatic carbocycles. The lowest BCUT2D eigenvalue weighted by molar-refractivity contribution is -0.384. The van der Waals surface area contributed by atoms with Gasteiger partial charge in [0, 0.05) is 12.3 Å². The van der Waals surface area contributed by atoms with Crippen LogP contribution in [0.1, 0.15) is 20.7 Å². The lowest BCUT2D eigenvalue weighted by atomic mass is 10.1. The topological polar surface area (TPSA) is 141 Å². The number of amides is 1. The molecule has 3 N–H and O–H groups in total. The molecule has 20 heavy (non-hydrogen) atoms. The second-order valence-corrected chi connectivity index (χ2v) is 3.80. The highest BCUT2D eigenvalue weighted by atomic mass is 16.6. The van der Waals surface area contributed by atoms with Gasteiger partial charge >= 0.3 is 5.97 Å². The second kappa shape index (κ2) is 4.80. The molecule has 2 aromatic rings. The van der Waals surface area contributed by atoms with Crippen LogP contribution in [-0.4, -0.2) is 31.7 Å². The minimum absolute atomic E-state index is 0.0556. The van der Waals surface area contributed by atoms with E-state index >= 15 is 0 Å². The van der Waals surface area contributed by atoms with Crippen molar-refractivity contribution in [1.82, 2.24) is 9.78 Å². The van der Waals surface area contributed by atoms with Crippen LogP contribution >= 0.6 is 0 Å². The minimum Gasteiger partial charge on any atom is -0.478 e. The summed E-state index contributed by atoms with van der Waals surface area (Å²) < 4.78 is 1.03. The van der Waals surface area contributed by atoms with E-state index in [1.807, 2.05) is 0 Å². The standard InChI is InChI=1S/C11H8N4O5/c12-10(16)7-4-13-14(5-7)9-3-6(11(17)18)1-2-8(9)15(19)20/h1-5H,(H2,12,16)(H,17,18). The summed E-state index contributed by atoms with van der Waals surface area (Å²) in [7, 11) is 0. The Morgan fingerprint density at radius 1 is 1.35 bits per heavy atom. The predicted molar refractivity (Wildman–Crippen MR) is 65.7 cm³/mol. The number of carboxylic acids is 1. The van der Waals surface area contributed by atoms with E-state index in [0.717, 1.165) is 29.1 Å². The SMILES string of the molecule is NC(=O)c1cnn(-c2cc(C(=O)O)ccc2[N+](=O)[O-])c1. The van der Waals surface area contributed by atoms with Gasteiger partial charge in [-0.1, -0.05) is 0 Å². The molecule has 102 valence electrons. The van der Waals surface area contributed by atoms with Gasteiger partial charge in [0.25, 0.3) is 11.6 Å². The Kier molecular flexibility index (Phi) is 3.17. The molecular formula is C11H8N4O5. The molecule has 0 unspecified atom stereocenters. The maximum atomic E-state index is 11.0. The molecule has 9 heteroatoms. The van der Waals surface area contributed by atoms with E-state index in [9.17, 15) is 19.7 Å². The summed E-state index contributed by atoms with van der Waals surface area (Å²) in [4.78, 5) is 32.2. The number of nitro groups is 1. The Balaban J connectivity index is 2.62. The monoisotopic (exact) mass is 276 g/mol. The average molecular weight is 276 g/mol. The van der Waals surface area contributed by atoms with Crippen LogP contribution in [0.4, 0.5) is 5.69 Å². The highest BCUT2D eigenvalue weighted by Gasteiger charge is 2.19. The lowest BCUT2D eigenvalue weighted by Gasteiger charge is -2.04. The minimum atomic E-state index is -1.23. The number of hydrogen-bond donors (Lipinski definition) is 2. The Labute approximate surface area is 111 Å². The van der Waals surface area contributed by atoms with Crippen molar-refractivity contribution < 1.29 is 19.6 Å². The van der Waals surface area contributed by atoms with Crippen molar-refractivity contribution in [1.29, 1.82) is 0 Å². The van der Waals surface area contributed by atoms with Gasteiger partial charge in [-0.3, -0.25) is 14.9 Å². The summed E-state index contributed by atoms with van der Waals surface area (Å²) in [6.45, 7) is 0. The smallest absolute Gasteiger partial charge is 0.335 e. The zero-order valence-electron chi connectivity index (χ0n) is 9.89. The molecule has 2 rings (SSSR count). The summed E-state index contributed by atoms with van der Waals surface area (Å²) >= 11 is 0. The normalized spacial score (nSPS) is 10.2. The van der Waals surface area contributed by atoms with Crippen molar-refractivity contribution >= 4 is 17.6 Å². The molecule has 0 spiro atoms. The number of nitro benzene ring substituents is 1. The van der Waals surface area contributed by atoms with Crippen molar-refractivity contribution in [2.24, 2.45) is 5.73 Å². The Hall–Kier alpha value is -3.23. The molecule has 0 bridgehead atoms. The van der Waals surface area contributed by atoms with Gasteiger partial charge in [0.1, 0.15) is 5.69 Å². The van der Waals surface area contributed by atoms with Crippen LogP contribution in [0.15, 0.2) is 30.6 Å². The van der Waals surface area contributed by atoms with Crippen LogP contribution in [0.3, 0.4) is 0 Å². The fraction of sp³-hybridized carbons (Fsp3) is 0. The van der Waals surface area contributed by atoms with E-state index in [1.165, 1.54) is 6.20 Å². The number of carbonyl (C=O) groups is 2. The molecule has 1 aromatic heterocycles. The van der Waals surface area contributed by atoms with Gasteiger partial charge in [-0.25, -0.2) is 9.48 Å². The largest absolute Gasteiger partial charge is 0.478 e. The van der Waals surface area contributed by atoms with E-state index in [2.05, 4.69) is 5.10 Å². The van der Waals surface area contributed by atoms with Crippen LogP contribution in [0.5, 0.6) is 0 Å². The summed E-state index contributed by atoms with van der Waals surface area (Å²) in [5, 5.41) is 23.6. The van der Waals surface area contributed by atoms with Gasteiger partial charge < -0.3 is 10.8 Å². The van der Waals surface area contributed by atoms with Crippen LogP contribution < -0.4 is 5.73 Å². The Morgan fingerprint density at radius 3 is 2.55 bits per heavy atom. The fourth-order valence-electron chi connectivity index (χ4n) is 1.58. The molecule has 0 aliphatic carbocycles. The number of aromatic carboxylic acids is 1. The number of benzene rings is 1. The fourth-order valence-corrected chi connectivity index (χ4v) is 1.58. The van der Waals surface area contributed by atoms with Crippen LogP contribution in [-0.2, 0) is 0 Å². The van der Waals surface area contributed by atoms with Crippen molar-refractivity contribution in [2.45, 2.75) is 0 Å². The third-order valence-electron chi connectivity index (χ3n) is 2.53. The first-order valence-electron chi connectivity index (χ1n) is 5.26. The molecule has 1 heterocycles. The summed E-state index contributed by atoms with van der Waals surface area (Å²) in [5.41, 5.74) is 4.57. The zero-order valence-corrected chi connectivity index (χ0v) is 9.89. The van der Waals surface area contributed by atoms with Crippen LogP contribution in [0.2, 0.25) is 0 Å². The summed E-state index contributed by atoms with van der Waals surface area (Å²) in [5.74, 6) is -1.98. The van der Waals surface area contributed by atoms with E-state index in [-0.39, 0.29) is 22.5 Å². The van der Waals surface area contributed by atoms with E-state index in [0.29, 0.717) is 0 Å². The molecule has 0 atom stereocenters. The average Bonchev–Trinajstić information content (AvgIpc) is 2.87. The molecule has 0 fully saturated rings. The van der Waals surface area contributed by atoms with E-state index < -0.39 is 16.8 Å². The maximum absolute atomic E-state index is 11.0. The lowest BCUT2D eigenvalue weighted by Crippen LogP contribution is -2.09. The van der Waals surface area contributed by atoms with Crippen molar-refractivity contribution in [3.63, 3.8) is 0 Å². The van der Waals surface area contributed by atoms with Crippen molar-refractivity contribution in [3.8, 4) is 5.69 Å². The first kappa shape index (κ1) is 13.2. The number of aromatic nitrogens is 2. The van der Waals surface area contributed by atoms with Crippen molar-refractivity contribution in [3.05, 3.63) is 51.8 Å². The number of carboxylic acid groups (broad SMARTS) is 1. The number of carbonyl (C=O) groups excluding carboxylic acids is 1. The first-order chi connectivity index (χ1) is 9.40. The Bertz CT molecular complexity index is 721. The molecule has 0 saturated carbocycles. The van der Waals surface area contributed by atoms with Crippen LogP contribution in [0, 0.1) is 10.1 Å². The number of hydrogen-bond acceptors (Lipinski definition) is 5. The predicted octanol–water partition coefficient (Wildman–Crippen LogP) is 0.578. The summed E-state index contributed by atoms with van der Waals surface area (Å²) in [6.07, 6.45) is 2.33. The van der Waals surface area contributed by atoms with Gasteiger partial charge in [-0.05, 0) is 12.1 Å². The first-order valence-corrected chi connectivity index (χ1v) is 5.26. The second-order valence-electron chi connectivity index (χ2n) is 3.80. The molecule has 0 aliphatic rings. The number of nitrogens with zero attached hydrogens (tertiary/aromatic N) is 3. The molecule has 0 radical (unpaired) electrons. The highest BCUT2D eigenvalue weighted by Crippen LogP contribution is 2.24. The number of primary amides is 1. The van der Waals surface area contributed by atoms with Crippen molar-refractivity contribution in [2.75, 3.05) is 0 Å². The van der Waals surface area contributed by atoms with Gasteiger partial charge in [0.05, 0.1) is 22.2 Å². The van der Waals surface area contributed by atoms with E-state index in [1.54, 1.807) is 0 Å². The molecule has 1 amide bonds. The molecule has 0 saturated heterocycles. The zero-order chi connectivity index (χ0) is 14.9.